The van der Waals surface area contributed by atoms with Crippen molar-refractivity contribution in [3.05, 3.63) is 53.1 Å². The van der Waals surface area contributed by atoms with Gasteiger partial charge in [0, 0.05) is 19.1 Å². The average Bonchev–Trinajstić information content (AvgIpc) is 2.62. The lowest BCUT2D eigenvalue weighted by molar-refractivity contribution is 0.189. The average molecular weight is 392 g/mol. The summed E-state index contributed by atoms with van der Waals surface area (Å²) >= 11 is 0. The Bertz CT molecular complexity index is 930. The number of methoxy groups -OCH3 is 2. The number of fused-ring (bicyclic) bond motifs is 1. The number of benzene rings is 2. The molecule has 1 aliphatic rings. The maximum Gasteiger partial charge on any atom is 0.380 e. The third-order valence-corrected chi connectivity index (χ3v) is 5.23. The van der Waals surface area contributed by atoms with Crippen LogP contribution in [0.5, 0.6) is 17.2 Å². The van der Waals surface area contributed by atoms with Crippen LogP contribution in [0.2, 0.25) is 0 Å². The van der Waals surface area contributed by atoms with Crippen LogP contribution in [0.15, 0.2) is 36.4 Å². The standard InChI is InChI=1S/C19H24N2O5S/c1-13-17-11-18(25-3)19(26-27(20,22)23)10-15(17)7-8-21(13)12-14-5-4-6-16(9-14)24-2/h4-6,9-11,13H,7-8,12H2,1-3H3,(H2,20,22,23). The lowest BCUT2D eigenvalue weighted by Crippen LogP contribution is -2.33. The monoisotopic (exact) mass is 392 g/mol. The molecule has 0 aromatic heterocycles. The van der Waals surface area contributed by atoms with Crippen molar-refractivity contribution in [2.24, 2.45) is 5.14 Å². The van der Waals surface area contributed by atoms with E-state index in [1.54, 1.807) is 13.2 Å². The summed E-state index contributed by atoms with van der Waals surface area (Å²) in [6, 6.07) is 11.7. The van der Waals surface area contributed by atoms with Gasteiger partial charge in [-0.25, -0.2) is 0 Å². The molecule has 1 atom stereocenters. The summed E-state index contributed by atoms with van der Waals surface area (Å²) in [6.07, 6.45) is 0.772. The summed E-state index contributed by atoms with van der Waals surface area (Å²) < 4.78 is 38.1. The number of nitrogens with two attached hydrogens (primary N) is 1. The maximum absolute atomic E-state index is 11.3. The second kappa shape index (κ2) is 7.75. The van der Waals surface area contributed by atoms with Crippen LogP contribution in [0.25, 0.3) is 0 Å². The van der Waals surface area contributed by atoms with Gasteiger partial charge in [0.25, 0.3) is 0 Å². The molecule has 0 fully saturated rings. The van der Waals surface area contributed by atoms with Crippen molar-refractivity contribution >= 4 is 10.3 Å². The topological polar surface area (TPSA) is 91.1 Å². The molecule has 0 aliphatic carbocycles. The van der Waals surface area contributed by atoms with Crippen molar-refractivity contribution < 1.29 is 22.1 Å². The van der Waals surface area contributed by atoms with Crippen molar-refractivity contribution in [1.82, 2.24) is 4.90 Å². The zero-order valence-electron chi connectivity index (χ0n) is 15.6. The van der Waals surface area contributed by atoms with Crippen molar-refractivity contribution in [1.29, 1.82) is 0 Å². The van der Waals surface area contributed by atoms with Gasteiger partial charge in [0.05, 0.1) is 14.2 Å². The summed E-state index contributed by atoms with van der Waals surface area (Å²) in [7, 11) is -0.980. The lowest BCUT2D eigenvalue weighted by atomic mass is 9.92. The Balaban J connectivity index is 1.87. The molecule has 1 aliphatic heterocycles. The highest BCUT2D eigenvalue weighted by molar-refractivity contribution is 7.84. The van der Waals surface area contributed by atoms with E-state index in [-0.39, 0.29) is 11.8 Å². The molecular formula is C19H24N2O5S. The minimum Gasteiger partial charge on any atom is -0.497 e. The maximum atomic E-state index is 11.3. The van der Waals surface area contributed by atoms with Gasteiger partial charge in [-0.2, -0.15) is 13.6 Å². The van der Waals surface area contributed by atoms with Crippen LogP contribution in [0.1, 0.15) is 29.7 Å². The smallest absolute Gasteiger partial charge is 0.380 e. The summed E-state index contributed by atoms with van der Waals surface area (Å²) in [5.74, 6) is 1.30. The molecule has 8 heteroatoms. The van der Waals surface area contributed by atoms with Crippen LogP contribution in [0, 0.1) is 0 Å². The Hall–Kier alpha value is -2.29. The Morgan fingerprint density at radius 2 is 1.93 bits per heavy atom. The molecule has 0 spiro atoms. The number of nitrogens with zero attached hydrogens (tertiary/aromatic N) is 1. The number of hydrogen-bond acceptors (Lipinski definition) is 6. The van der Waals surface area contributed by atoms with Gasteiger partial charge in [-0.15, -0.1) is 0 Å². The number of ether oxygens (including phenoxy) is 2. The molecule has 0 saturated heterocycles. The minimum atomic E-state index is -4.11. The summed E-state index contributed by atoms with van der Waals surface area (Å²) in [4.78, 5) is 2.36. The van der Waals surface area contributed by atoms with E-state index in [0.717, 1.165) is 36.4 Å². The van der Waals surface area contributed by atoms with Crippen LogP contribution in [0.4, 0.5) is 0 Å². The second-order valence-electron chi connectivity index (χ2n) is 6.53. The Morgan fingerprint density at radius 1 is 1.15 bits per heavy atom. The fraction of sp³-hybridized carbons (Fsp3) is 0.368. The molecule has 27 heavy (non-hydrogen) atoms. The summed E-state index contributed by atoms with van der Waals surface area (Å²) in [6.45, 7) is 3.75. The van der Waals surface area contributed by atoms with E-state index in [4.69, 9.17) is 18.8 Å². The predicted molar refractivity (Wildman–Crippen MR) is 102 cm³/mol. The first kappa shape index (κ1) is 19.5. The minimum absolute atomic E-state index is 0.118. The van der Waals surface area contributed by atoms with Crippen molar-refractivity contribution in [2.75, 3.05) is 20.8 Å². The fourth-order valence-corrected chi connectivity index (χ4v) is 3.83. The summed E-state index contributed by atoms with van der Waals surface area (Å²) in [5.41, 5.74) is 3.29. The SMILES string of the molecule is COc1cccc(CN2CCc3cc(OS(N)(=O)=O)c(OC)cc3C2C)c1. The van der Waals surface area contributed by atoms with Crippen LogP contribution in [-0.4, -0.2) is 34.1 Å². The zero-order chi connectivity index (χ0) is 19.6. The third kappa shape index (κ3) is 4.52. The summed E-state index contributed by atoms with van der Waals surface area (Å²) in [5, 5.41) is 5.00. The van der Waals surface area contributed by atoms with Crippen LogP contribution >= 0.6 is 0 Å². The fourth-order valence-electron chi connectivity index (χ4n) is 3.45. The zero-order valence-corrected chi connectivity index (χ0v) is 16.5. The van der Waals surface area contributed by atoms with Crippen LogP contribution < -0.4 is 18.8 Å². The molecule has 2 N–H and O–H groups in total. The quantitative estimate of drug-likeness (QED) is 0.812. The largest absolute Gasteiger partial charge is 0.497 e. The van der Waals surface area contributed by atoms with Gasteiger partial charge in [0.1, 0.15) is 5.75 Å². The van der Waals surface area contributed by atoms with E-state index in [1.165, 1.54) is 12.7 Å². The van der Waals surface area contributed by atoms with Crippen molar-refractivity contribution in [3.63, 3.8) is 0 Å². The number of hydrogen-bond donors (Lipinski definition) is 1. The normalized spacial score (nSPS) is 17.3. The second-order valence-corrected chi connectivity index (χ2v) is 7.68. The molecule has 2 aromatic carbocycles. The highest BCUT2D eigenvalue weighted by Gasteiger charge is 2.27. The molecule has 7 nitrogen and oxygen atoms in total. The van der Waals surface area contributed by atoms with Gasteiger partial charge in [-0.05, 0) is 54.3 Å². The third-order valence-electron chi connectivity index (χ3n) is 4.82. The van der Waals surface area contributed by atoms with Gasteiger partial charge in [0.2, 0.25) is 0 Å². The van der Waals surface area contributed by atoms with E-state index >= 15 is 0 Å². The van der Waals surface area contributed by atoms with Crippen LogP contribution in [0.3, 0.4) is 0 Å². The molecule has 0 saturated carbocycles. The molecule has 3 rings (SSSR count). The first-order chi connectivity index (χ1) is 12.8. The van der Waals surface area contributed by atoms with Crippen LogP contribution in [-0.2, 0) is 23.3 Å². The van der Waals surface area contributed by atoms with E-state index < -0.39 is 10.3 Å². The molecule has 1 unspecified atom stereocenters. The van der Waals surface area contributed by atoms with E-state index in [1.807, 2.05) is 24.3 Å². The van der Waals surface area contributed by atoms with Crippen molar-refractivity contribution in [2.45, 2.75) is 25.9 Å². The highest BCUT2D eigenvalue weighted by Crippen LogP contribution is 2.39. The first-order valence-electron chi connectivity index (χ1n) is 8.60. The number of rotatable bonds is 6. The van der Waals surface area contributed by atoms with Gasteiger partial charge in [-0.3, -0.25) is 4.90 Å². The van der Waals surface area contributed by atoms with E-state index in [2.05, 4.69) is 17.9 Å². The predicted octanol–water partition coefficient (Wildman–Crippen LogP) is 2.41. The Labute approximate surface area is 159 Å². The van der Waals surface area contributed by atoms with E-state index in [0.29, 0.717) is 5.75 Å². The van der Waals surface area contributed by atoms with E-state index in [9.17, 15) is 8.42 Å². The Morgan fingerprint density at radius 3 is 2.59 bits per heavy atom. The first-order valence-corrected chi connectivity index (χ1v) is 10.1. The van der Waals surface area contributed by atoms with Gasteiger partial charge in [-0.1, -0.05) is 12.1 Å². The molecule has 1 heterocycles. The van der Waals surface area contributed by atoms with Gasteiger partial charge in [0.15, 0.2) is 11.5 Å². The van der Waals surface area contributed by atoms with Gasteiger partial charge < -0.3 is 13.7 Å². The Kier molecular flexibility index (Phi) is 5.59. The molecule has 0 amide bonds. The highest BCUT2D eigenvalue weighted by atomic mass is 32.2. The molecular weight excluding hydrogens is 368 g/mol. The molecule has 146 valence electrons. The van der Waals surface area contributed by atoms with Crippen molar-refractivity contribution in [3.8, 4) is 17.2 Å². The molecule has 2 aromatic rings. The molecule has 0 radical (unpaired) electrons. The molecule has 0 bridgehead atoms. The van der Waals surface area contributed by atoms with Gasteiger partial charge >= 0.3 is 10.3 Å². The lowest BCUT2D eigenvalue weighted by Gasteiger charge is -2.35.